The third-order valence-electron chi connectivity index (χ3n) is 4.63. The number of piperidine rings is 1. The van der Waals surface area contributed by atoms with Gasteiger partial charge in [-0.25, -0.2) is 9.97 Å². The molecule has 0 bridgehead atoms. The summed E-state index contributed by atoms with van der Waals surface area (Å²) in [5.74, 6) is 1.53. The summed E-state index contributed by atoms with van der Waals surface area (Å²) < 4.78 is 11.2. The normalized spacial score (nSPS) is 22.4. The van der Waals surface area contributed by atoms with Crippen molar-refractivity contribution in [2.75, 3.05) is 58.0 Å². The van der Waals surface area contributed by atoms with Crippen molar-refractivity contribution in [1.82, 2.24) is 14.9 Å². The Balaban J connectivity index is 1.46. The van der Waals surface area contributed by atoms with Gasteiger partial charge < -0.3 is 19.3 Å². The van der Waals surface area contributed by atoms with E-state index in [0.717, 1.165) is 51.9 Å². The Morgan fingerprint density at radius 3 is 2.59 bits per heavy atom. The van der Waals surface area contributed by atoms with E-state index >= 15 is 0 Å². The van der Waals surface area contributed by atoms with Gasteiger partial charge in [-0.05, 0) is 18.9 Å². The first-order valence-electron chi connectivity index (χ1n) is 8.19. The highest BCUT2D eigenvalue weighted by molar-refractivity contribution is 5.36. The van der Waals surface area contributed by atoms with Gasteiger partial charge in [0.15, 0.2) is 0 Å². The average Bonchev–Trinajstić information content (AvgIpc) is 2.84. The minimum absolute atomic E-state index is 0.513. The molecular formula is C16H26N4O2. The second-order valence-corrected chi connectivity index (χ2v) is 6.23. The van der Waals surface area contributed by atoms with Crippen LogP contribution in [-0.4, -0.2) is 74.0 Å². The van der Waals surface area contributed by atoms with Crippen molar-refractivity contribution < 1.29 is 9.47 Å². The SMILES string of the molecule is CN(c1ccncn1)C1CCN(CC2COCCOC2)CC1. The molecule has 122 valence electrons. The summed E-state index contributed by atoms with van der Waals surface area (Å²) in [6, 6.07) is 2.54. The van der Waals surface area contributed by atoms with Crippen molar-refractivity contribution in [3.63, 3.8) is 0 Å². The molecule has 22 heavy (non-hydrogen) atoms. The second-order valence-electron chi connectivity index (χ2n) is 6.23. The second kappa shape index (κ2) is 7.85. The van der Waals surface area contributed by atoms with E-state index < -0.39 is 0 Å². The Kier molecular flexibility index (Phi) is 5.58. The zero-order valence-corrected chi connectivity index (χ0v) is 13.4. The fourth-order valence-corrected chi connectivity index (χ4v) is 3.31. The first-order chi connectivity index (χ1) is 10.8. The predicted molar refractivity (Wildman–Crippen MR) is 85.0 cm³/mol. The van der Waals surface area contributed by atoms with E-state index in [9.17, 15) is 0 Å². The Morgan fingerprint density at radius 2 is 1.95 bits per heavy atom. The van der Waals surface area contributed by atoms with Crippen molar-refractivity contribution in [2.45, 2.75) is 18.9 Å². The number of anilines is 1. The van der Waals surface area contributed by atoms with Crippen molar-refractivity contribution in [3.8, 4) is 0 Å². The number of hydrogen-bond donors (Lipinski definition) is 0. The molecule has 0 N–H and O–H groups in total. The first kappa shape index (κ1) is 15.6. The van der Waals surface area contributed by atoms with Crippen molar-refractivity contribution >= 4 is 5.82 Å². The fourth-order valence-electron chi connectivity index (χ4n) is 3.31. The number of likely N-dealkylation sites (tertiary alicyclic amines) is 1. The van der Waals surface area contributed by atoms with Crippen LogP contribution in [0.4, 0.5) is 5.82 Å². The van der Waals surface area contributed by atoms with E-state index in [0.29, 0.717) is 12.0 Å². The number of aromatic nitrogens is 2. The van der Waals surface area contributed by atoms with Crippen LogP contribution in [0, 0.1) is 5.92 Å². The number of hydrogen-bond acceptors (Lipinski definition) is 6. The molecule has 0 atom stereocenters. The van der Waals surface area contributed by atoms with Crippen LogP contribution >= 0.6 is 0 Å². The Morgan fingerprint density at radius 1 is 1.23 bits per heavy atom. The maximum atomic E-state index is 5.59. The minimum atomic E-state index is 0.513. The summed E-state index contributed by atoms with van der Waals surface area (Å²) in [5, 5.41) is 0. The summed E-state index contributed by atoms with van der Waals surface area (Å²) in [4.78, 5) is 13.2. The van der Waals surface area contributed by atoms with E-state index in [2.05, 4.69) is 26.8 Å². The zero-order valence-electron chi connectivity index (χ0n) is 13.4. The van der Waals surface area contributed by atoms with E-state index in [1.165, 1.54) is 12.8 Å². The molecule has 2 aliphatic rings. The number of nitrogens with zero attached hydrogens (tertiary/aromatic N) is 4. The van der Waals surface area contributed by atoms with Gasteiger partial charge in [0.1, 0.15) is 12.1 Å². The van der Waals surface area contributed by atoms with Crippen LogP contribution in [0.2, 0.25) is 0 Å². The molecule has 2 saturated heterocycles. The van der Waals surface area contributed by atoms with Gasteiger partial charge in [0, 0.05) is 44.8 Å². The van der Waals surface area contributed by atoms with Gasteiger partial charge in [-0.1, -0.05) is 0 Å². The molecule has 0 spiro atoms. The van der Waals surface area contributed by atoms with Crippen molar-refractivity contribution in [2.24, 2.45) is 5.92 Å². The molecule has 3 heterocycles. The molecule has 0 amide bonds. The average molecular weight is 306 g/mol. The van der Waals surface area contributed by atoms with E-state index in [4.69, 9.17) is 9.47 Å². The maximum absolute atomic E-state index is 5.59. The highest BCUT2D eigenvalue weighted by atomic mass is 16.5. The van der Waals surface area contributed by atoms with Crippen LogP contribution in [0.5, 0.6) is 0 Å². The number of ether oxygens (including phenoxy) is 2. The highest BCUT2D eigenvalue weighted by Gasteiger charge is 2.25. The van der Waals surface area contributed by atoms with Crippen LogP contribution in [0.15, 0.2) is 18.6 Å². The summed E-state index contributed by atoms with van der Waals surface area (Å²) in [7, 11) is 2.13. The molecule has 1 aromatic heterocycles. The van der Waals surface area contributed by atoms with Gasteiger partial charge >= 0.3 is 0 Å². The molecule has 0 aliphatic carbocycles. The van der Waals surface area contributed by atoms with Crippen LogP contribution in [0.1, 0.15) is 12.8 Å². The zero-order chi connectivity index (χ0) is 15.2. The Labute approximate surface area is 132 Å². The molecule has 6 nitrogen and oxygen atoms in total. The minimum Gasteiger partial charge on any atom is -0.379 e. The molecule has 0 saturated carbocycles. The maximum Gasteiger partial charge on any atom is 0.131 e. The van der Waals surface area contributed by atoms with Gasteiger partial charge in [-0.15, -0.1) is 0 Å². The molecule has 0 aromatic carbocycles. The lowest BCUT2D eigenvalue weighted by Gasteiger charge is -2.38. The van der Waals surface area contributed by atoms with Crippen LogP contribution < -0.4 is 4.90 Å². The van der Waals surface area contributed by atoms with E-state index in [-0.39, 0.29) is 0 Å². The van der Waals surface area contributed by atoms with Crippen molar-refractivity contribution in [1.29, 1.82) is 0 Å². The van der Waals surface area contributed by atoms with Crippen molar-refractivity contribution in [3.05, 3.63) is 18.6 Å². The quantitative estimate of drug-likeness (QED) is 0.828. The summed E-state index contributed by atoms with van der Waals surface area (Å²) in [6.07, 6.45) is 5.77. The lowest BCUT2D eigenvalue weighted by molar-refractivity contribution is 0.0937. The lowest BCUT2D eigenvalue weighted by atomic mass is 10.0. The standard InChI is InChI=1S/C16H26N4O2/c1-19(16-2-5-17-13-18-16)15-3-6-20(7-4-15)10-14-11-21-8-9-22-12-14/h2,5,13-15H,3-4,6-12H2,1H3. The topological polar surface area (TPSA) is 50.7 Å². The smallest absolute Gasteiger partial charge is 0.131 e. The third kappa shape index (κ3) is 4.15. The number of rotatable bonds is 4. The van der Waals surface area contributed by atoms with Crippen LogP contribution in [0.3, 0.4) is 0 Å². The fraction of sp³-hybridized carbons (Fsp3) is 0.750. The molecule has 0 unspecified atom stereocenters. The van der Waals surface area contributed by atoms with Gasteiger partial charge in [-0.3, -0.25) is 0 Å². The summed E-state index contributed by atoms with van der Waals surface area (Å²) in [5.41, 5.74) is 0. The molecule has 0 radical (unpaired) electrons. The molecule has 6 heteroatoms. The van der Waals surface area contributed by atoms with E-state index in [1.54, 1.807) is 12.5 Å². The van der Waals surface area contributed by atoms with Gasteiger partial charge in [0.2, 0.25) is 0 Å². The highest BCUT2D eigenvalue weighted by Crippen LogP contribution is 2.20. The van der Waals surface area contributed by atoms with Crippen LogP contribution in [0.25, 0.3) is 0 Å². The molecule has 3 rings (SSSR count). The molecule has 2 fully saturated rings. The van der Waals surface area contributed by atoms with Crippen LogP contribution in [-0.2, 0) is 9.47 Å². The molecule has 1 aromatic rings. The monoisotopic (exact) mass is 306 g/mol. The third-order valence-corrected chi connectivity index (χ3v) is 4.63. The van der Waals surface area contributed by atoms with Gasteiger partial charge in [0.05, 0.1) is 26.4 Å². The van der Waals surface area contributed by atoms with Gasteiger partial charge in [-0.2, -0.15) is 0 Å². The Bertz CT molecular complexity index is 429. The largest absolute Gasteiger partial charge is 0.379 e. The molecular weight excluding hydrogens is 280 g/mol. The predicted octanol–water partition coefficient (Wildman–Crippen LogP) is 1.04. The lowest BCUT2D eigenvalue weighted by Crippen LogP contribution is -2.45. The molecule has 2 aliphatic heterocycles. The summed E-state index contributed by atoms with van der Waals surface area (Å²) >= 11 is 0. The Hall–Kier alpha value is -1.24. The summed E-state index contributed by atoms with van der Waals surface area (Å²) in [6.45, 7) is 6.50. The van der Waals surface area contributed by atoms with Gasteiger partial charge in [0.25, 0.3) is 0 Å². The van der Waals surface area contributed by atoms with E-state index in [1.807, 2.05) is 6.07 Å². The first-order valence-corrected chi connectivity index (χ1v) is 8.19.